The summed E-state index contributed by atoms with van der Waals surface area (Å²) in [6, 6.07) is 60.3. The molecular weight excluding hydrogens is 925 g/mol. The van der Waals surface area contributed by atoms with E-state index in [0.29, 0.717) is 50.7 Å². The Morgan fingerprint density at radius 1 is 0.342 bits per heavy atom. The molecule has 0 aliphatic carbocycles. The third-order valence-electron chi connectivity index (χ3n) is 13.7. The number of halogens is 6. The van der Waals surface area contributed by atoms with Crippen molar-refractivity contribution in [2.75, 3.05) is 0 Å². The van der Waals surface area contributed by atoms with Gasteiger partial charge in [0.15, 0.2) is 5.82 Å². The maximum Gasteiger partial charge on any atom is 0.416 e. The average Bonchev–Trinajstić information content (AvgIpc) is 3.71. The second kappa shape index (κ2) is 18.2. The molecule has 9 heteroatoms. The van der Waals surface area contributed by atoms with Crippen LogP contribution >= 0.6 is 0 Å². The first-order chi connectivity index (χ1) is 35.1. The van der Waals surface area contributed by atoms with E-state index < -0.39 is 23.5 Å². The van der Waals surface area contributed by atoms with Gasteiger partial charge in [-0.1, -0.05) is 145 Å². The van der Waals surface area contributed by atoms with Crippen molar-refractivity contribution in [1.82, 2.24) is 14.5 Å². The van der Waals surface area contributed by atoms with Crippen molar-refractivity contribution < 1.29 is 26.3 Å². The van der Waals surface area contributed by atoms with Crippen LogP contribution < -0.4 is 0 Å². The number of hydrogen-bond acceptors (Lipinski definition) is 2. The van der Waals surface area contributed by atoms with Gasteiger partial charge in [0.2, 0.25) is 0 Å². The second-order valence-corrected chi connectivity index (χ2v) is 18.7. The summed E-state index contributed by atoms with van der Waals surface area (Å²) in [7, 11) is 0. The lowest BCUT2D eigenvalue weighted by Crippen LogP contribution is -2.06. The third-order valence-corrected chi connectivity index (χ3v) is 13.7. The average molecular weight is 970 g/mol. The van der Waals surface area contributed by atoms with Gasteiger partial charge in [0, 0.05) is 38.6 Å². The number of fused-ring (bicyclic) bond motifs is 3. The van der Waals surface area contributed by atoms with E-state index in [1.165, 1.54) is 24.3 Å². The standard InChI is InChI=1S/C64H45F6N3/c1-38-15-27-51(40(3)31-38)46-21-29-59-55(33-46)56-34-47(52-28-16-39(2)32-41(52)4)22-30-60(56)73(59)61-53(42-17-23-49(24-18-42)63(65,66)67)35-48(36-54(61)43-19-25-50(26-20-43)64(68,69)70)62-71-57(44-11-7-5-8-12-44)37-58(72-62)45-13-9-6-10-14-45/h5-37H,1-4H3. The summed E-state index contributed by atoms with van der Waals surface area (Å²) in [5, 5.41) is 1.82. The molecule has 2 heterocycles. The van der Waals surface area contributed by atoms with E-state index in [4.69, 9.17) is 9.97 Å². The molecular formula is C64H45F6N3. The van der Waals surface area contributed by atoms with Crippen LogP contribution in [0.25, 0.3) is 106 Å². The minimum Gasteiger partial charge on any atom is -0.308 e. The Bertz CT molecular complexity index is 3650. The van der Waals surface area contributed by atoms with Crippen molar-refractivity contribution in [1.29, 1.82) is 0 Å². The third kappa shape index (κ3) is 8.96. The molecule has 11 aromatic rings. The van der Waals surface area contributed by atoms with E-state index in [1.54, 1.807) is 0 Å². The fraction of sp³-hybridized carbons (Fsp3) is 0.0938. The van der Waals surface area contributed by atoms with E-state index in [9.17, 15) is 26.3 Å². The molecule has 0 fully saturated rings. The molecule has 0 aliphatic rings. The zero-order valence-electron chi connectivity index (χ0n) is 40.2. The Morgan fingerprint density at radius 3 is 1.12 bits per heavy atom. The van der Waals surface area contributed by atoms with Crippen LogP contribution in [0.4, 0.5) is 26.3 Å². The van der Waals surface area contributed by atoms with Gasteiger partial charge in [0.25, 0.3) is 0 Å². The number of alkyl halides is 6. The van der Waals surface area contributed by atoms with Gasteiger partial charge in [-0.05, 0) is 139 Å². The van der Waals surface area contributed by atoms with Crippen molar-refractivity contribution in [3.63, 3.8) is 0 Å². The Hall–Kier alpha value is -8.56. The molecule has 0 saturated heterocycles. The van der Waals surface area contributed by atoms with Crippen LogP contribution in [0.3, 0.4) is 0 Å². The summed E-state index contributed by atoms with van der Waals surface area (Å²) < 4.78 is 88.0. The van der Waals surface area contributed by atoms with Crippen LogP contribution in [-0.2, 0) is 12.4 Å². The summed E-state index contributed by atoms with van der Waals surface area (Å²) in [6.07, 6.45) is -9.22. The van der Waals surface area contributed by atoms with Gasteiger partial charge in [0.1, 0.15) is 0 Å². The predicted octanol–water partition coefficient (Wildman–Crippen LogP) is 18.5. The number of benzene rings is 9. The topological polar surface area (TPSA) is 30.7 Å². The number of hydrogen-bond donors (Lipinski definition) is 0. The first-order valence-electron chi connectivity index (χ1n) is 23.8. The van der Waals surface area contributed by atoms with E-state index in [-0.39, 0.29) is 0 Å². The molecule has 11 rings (SSSR count). The number of rotatable bonds is 8. The summed E-state index contributed by atoms with van der Waals surface area (Å²) in [5.74, 6) is 0.312. The predicted molar refractivity (Wildman–Crippen MR) is 283 cm³/mol. The first kappa shape index (κ1) is 46.8. The molecule has 0 N–H and O–H groups in total. The van der Waals surface area contributed by atoms with Crippen LogP contribution in [-0.4, -0.2) is 14.5 Å². The summed E-state index contributed by atoms with van der Waals surface area (Å²) in [5.41, 5.74) is 14.4. The van der Waals surface area contributed by atoms with Crippen molar-refractivity contribution in [3.8, 4) is 84.1 Å². The van der Waals surface area contributed by atoms with E-state index >= 15 is 0 Å². The molecule has 73 heavy (non-hydrogen) atoms. The number of aromatic nitrogens is 3. The van der Waals surface area contributed by atoms with Gasteiger partial charge in [-0.15, -0.1) is 0 Å². The van der Waals surface area contributed by atoms with Gasteiger partial charge in [0.05, 0.1) is 39.2 Å². The zero-order valence-corrected chi connectivity index (χ0v) is 40.2. The van der Waals surface area contributed by atoms with Crippen molar-refractivity contribution >= 4 is 21.8 Å². The minimum absolute atomic E-state index is 0.312. The molecule has 0 radical (unpaired) electrons. The maximum absolute atomic E-state index is 14.3. The monoisotopic (exact) mass is 969 g/mol. The molecule has 3 nitrogen and oxygen atoms in total. The van der Waals surface area contributed by atoms with Crippen molar-refractivity contribution in [2.45, 2.75) is 40.0 Å². The molecule has 9 aromatic carbocycles. The Balaban J connectivity index is 1.27. The van der Waals surface area contributed by atoms with Crippen molar-refractivity contribution in [3.05, 3.63) is 234 Å². The highest BCUT2D eigenvalue weighted by Crippen LogP contribution is 2.47. The van der Waals surface area contributed by atoms with Gasteiger partial charge in [-0.3, -0.25) is 0 Å². The molecule has 0 aliphatic heterocycles. The van der Waals surface area contributed by atoms with E-state index in [0.717, 1.165) is 102 Å². The van der Waals surface area contributed by atoms with Gasteiger partial charge in [-0.2, -0.15) is 26.3 Å². The molecule has 0 spiro atoms. The largest absolute Gasteiger partial charge is 0.416 e. The number of nitrogens with zero attached hydrogens (tertiary/aromatic N) is 3. The molecule has 0 amide bonds. The Morgan fingerprint density at radius 2 is 0.740 bits per heavy atom. The highest BCUT2D eigenvalue weighted by Gasteiger charge is 2.32. The molecule has 0 saturated carbocycles. The second-order valence-electron chi connectivity index (χ2n) is 18.7. The van der Waals surface area contributed by atoms with Crippen LogP contribution in [0.1, 0.15) is 33.4 Å². The Kier molecular flexibility index (Phi) is 11.7. The lowest BCUT2D eigenvalue weighted by molar-refractivity contribution is -0.138. The normalized spacial score (nSPS) is 12.0. The molecule has 0 bridgehead atoms. The highest BCUT2D eigenvalue weighted by atomic mass is 19.4. The molecule has 0 atom stereocenters. The zero-order chi connectivity index (χ0) is 50.8. The first-order valence-corrected chi connectivity index (χ1v) is 23.8. The molecule has 358 valence electrons. The minimum atomic E-state index is -4.61. The molecule has 0 unspecified atom stereocenters. The fourth-order valence-electron chi connectivity index (χ4n) is 10.1. The van der Waals surface area contributed by atoms with Gasteiger partial charge < -0.3 is 4.57 Å². The number of aryl methyl sites for hydroxylation is 4. The highest BCUT2D eigenvalue weighted by molar-refractivity contribution is 6.13. The van der Waals surface area contributed by atoms with Crippen LogP contribution in [0, 0.1) is 27.7 Å². The smallest absolute Gasteiger partial charge is 0.308 e. The van der Waals surface area contributed by atoms with Crippen molar-refractivity contribution in [2.24, 2.45) is 0 Å². The quantitative estimate of drug-likeness (QED) is 0.142. The van der Waals surface area contributed by atoms with Crippen LogP contribution in [0.15, 0.2) is 200 Å². The molecule has 2 aromatic heterocycles. The van der Waals surface area contributed by atoms with Gasteiger partial charge in [-0.25, -0.2) is 9.97 Å². The lowest BCUT2D eigenvalue weighted by atomic mass is 9.91. The summed E-state index contributed by atoms with van der Waals surface area (Å²) >= 11 is 0. The van der Waals surface area contributed by atoms with E-state index in [2.05, 4.69) is 105 Å². The van der Waals surface area contributed by atoms with E-state index in [1.807, 2.05) is 78.9 Å². The lowest BCUT2D eigenvalue weighted by Gasteiger charge is -2.22. The Labute approximate surface area is 418 Å². The summed E-state index contributed by atoms with van der Waals surface area (Å²) in [6.45, 7) is 8.29. The maximum atomic E-state index is 14.3. The van der Waals surface area contributed by atoms with Gasteiger partial charge >= 0.3 is 12.4 Å². The van der Waals surface area contributed by atoms with Crippen LogP contribution in [0.2, 0.25) is 0 Å². The summed E-state index contributed by atoms with van der Waals surface area (Å²) in [4.78, 5) is 10.3. The SMILES string of the molecule is Cc1ccc(-c2ccc3c(c2)c2cc(-c4ccc(C)cc4C)ccc2n3-c2c(-c3ccc(C(F)(F)F)cc3)cc(-c3nc(-c4ccccc4)cc(-c4ccccc4)n3)cc2-c2ccc(C(F)(F)F)cc2)c(C)c1. The fourth-order valence-corrected chi connectivity index (χ4v) is 10.1. The van der Waals surface area contributed by atoms with Crippen LogP contribution in [0.5, 0.6) is 0 Å².